The molecule has 23 heavy (non-hydrogen) atoms. The van der Waals surface area contributed by atoms with E-state index < -0.39 is 5.41 Å². The predicted octanol–water partition coefficient (Wildman–Crippen LogP) is 2.60. The molecule has 2 heterocycles. The molecule has 1 atom stereocenters. The lowest BCUT2D eigenvalue weighted by atomic mass is 9.86. The average molecular weight is 316 g/mol. The van der Waals surface area contributed by atoms with Gasteiger partial charge in [0.2, 0.25) is 5.91 Å². The Balaban J connectivity index is 1.75. The van der Waals surface area contributed by atoms with Crippen LogP contribution in [0.2, 0.25) is 0 Å². The molecule has 0 aromatic heterocycles. The highest BCUT2D eigenvalue weighted by Gasteiger charge is 2.38. The second-order valence-electron chi connectivity index (χ2n) is 7.61. The van der Waals surface area contributed by atoms with E-state index in [1.165, 1.54) is 0 Å². The van der Waals surface area contributed by atoms with Crippen LogP contribution in [0.3, 0.4) is 0 Å². The van der Waals surface area contributed by atoms with Gasteiger partial charge in [-0.05, 0) is 58.2 Å². The van der Waals surface area contributed by atoms with E-state index in [1.54, 1.807) is 12.1 Å². The van der Waals surface area contributed by atoms with Crippen LogP contribution in [0.5, 0.6) is 0 Å². The molecule has 0 aliphatic carbocycles. The fourth-order valence-corrected chi connectivity index (χ4v) is 3.36. The standard InChI is InChI=1S/C18H24N2O3/c1-17(2)10-12(7-8-23-17)19-15(21)11-5-6-13-14(9-11)20-16(22)18(13,3)4/h5-6,9,12H,7-8,10H2,1-4H3,(H,19,21)(H,20,22)/t12-/m0/s1. The number of ether oxygens (including phenoxy) is 1. The molecule has 5 heteroatoms. The van der Waals surface area contributed by atoms with Crippen molar-refractivity contribution in [3.63, 3.8) is 0 Å². The maximum Gasteiger partial charge on any atom is 0.251 e. The van der Waals surface area contributed by atoms with Gasteiger partial charge < -0.3 is 15.4 Å². The normalized spacial score (nSPS) is 24.7. The first-order chi connectivity index (χ1) is 10.7. The number of fused-ring (bicyclic) bond motifs is 1. The molecule has 0 bridgehead atoms. The summed E-state index contributed by atoms with van der Waals surface area (Å²) >= 11 is 0. The average Bonchev–Trinajstić information content (AvgIpc) is 2.67. The van der Waals surface area contributed by atoms with Crippen LogP contribution in [-0.4, -0.2) is 30.1 Å². The predicted molar refractivity (Wildman–Crippen MR) is 88.6 cm³/mol. The lowest BCUT2D eigenvalue weighted by Crippen LogP contribution is -2.45. The zero-order valence-corrected chi connectivity index (χ0v) is 14.2. The molecule has 2 N–H and O–H groups in total. The minimum atomic E-state index is -0.547. The van der Waals surface area contributed by atoms with Crippen molar-refractivity contribution in [3.05, 3.63) is 29.3 Å². The Morgan fingerprint density at radius 1 is 1.30 bits per heavy atom. The Kier molecular flexibility index (Phi) is 3.71. The third-order valence-corrected chi connectivity index (χ3v) is 4.80. The van der Waals surface area contributed by atoms with Crippen LogP contribution in [0.1, 0.15) is 56.5 Å². The SMILES string of the molecule is CC1(C)C[C@@H](NC(=O)c2ccc3c(c2)NC(=O)C3(C)C)CCO1. The maximum absolute atomic E-state index is 12.5. The first kappa shape index (κ1) is 16.0. The lowest BCUT2D eigenvalue weighted by molar-refractivity contribution is -0.119. The number of nitrogens with one attached hydrogen (secondary N) is 2. The van der Waals surface area contributed by atoms with Crippen LogP contribution in [-0.2, 0) is 14.9 Å². The van der Waals surface area contributed by atoms with E-state index in [0.29, 0.717) is 12.2 Å². The fraction of sp³-hybridized carbons (Fsp3) is 0.556. The molecule has 3 rings (SSSR count). The van der Waals surface area contributed by atoms with Crippen LogP contribution in [0, 0.1) is 0 Å². The van der Waals surface area contributed by atoms with Crippen molar-refractivity contribution in [2.24, 2.45) is 0 Å². The van der Waals surface area contributed by atoms with E-state index in [0.717, 1.165) is 24.1 Å². The van der Waals surface area contributed by atoms with Gasteiger partial charge >= 0.3 is 0 Å². The van der Waals surface area contributed by atoms with Gasteiger partial charge in [0.05, 0.1) is 11.0 Å². The van der Waals surface area contributed by atoms with Crippen molar-refractivity contribution in [1.82, 2.24) is 5.32 Å². The van der Waals surface area contributed by atoms with Crippen molar-refractivity contribution < 1.29 is 14.3 Å². The van der Waals surface area contributed by atoms with Gasteiger partial charge in [-0.3, -0.25) is 9.59 Å². The van der Waals surface area contributed by atoms with Crippen LogP contribution < -0.4 is 10.6 Å². The van der Waals surface area contributed by atoms with Crippen LogP contribution in [0.4, 0.5) is 5.69 Å². The molecular formula is C18H24N2O3. The molecule has 0 radical (unpaired) electrons. The topological polar surface area (TPSA) is 67.4 Å². The largest absolute Gasteiger partial charge is 0.375 e. The molecular weight excluding hydrogens is 292 g/mol. The number of amides is 2. The highest BCUT2D eigenvalue weighted by atomic mass is 16.5. The molecule has 2 amide bonds. The summed E-state index contributed by atoms with van der Waals surface area (Å²) in [6, 6.07) is 5.55. The summed E-state index contributed by atoms with van der Waals surface area (Å²) in [7, 11) is 0. The van der Waals surface area contributed by atoms with Crippen molar-refractivity contribution in [1.29, 1.82) is 0 Å². The monoisotopic (exact) mass is 316 g/mol. The van der Waals surface area contributed by atoms with E-state index in [4.69, 9.17) is 4.74 Å². The van der Waals surface area contributed by atoms with Crippen molar-refractivity contribution >= 4 is 17.5 Å². The molecule has 1 fully saturated rings. The van der Waals surface area contributed by atoms with E-state index in [1.807, 2.05) is 33.8 Å². The summed E-state index contributed by atoms with van der Waals surface area (Å²) in [6.45, 7) is 8.51. The molecule has 0 spiro atoms. The molecule has 1 aromatic rings. The Labute approximate surface area is 136 Å². The number of hydrogen-bond donors (Lipinski definition) is 2. The Bertz CT molecular complexity index is 664. The van der Waals surface area contributed by atoms with Gasteiger partial charge in [-0.25, -0.2) is 0 Å². The summed E-state index contributed by atoms with van der Waals surface area (Å²) in [6.07, 6.45) is 1.62. The van der Waals surface area contributed by atoms with Gasteiger partial charge in [-0.15, -0.1) is 0 Å². The van der Waals surface area contributed by atoms with Gasteiger partial charge in [0, 0.05) is 23.9 Å². The number of carbonyl (C=O) groups excluding carboxylic acids is 2. The Morgan fingerprint density at radius 3 is 2.74 bits per heavy atom. The third-order valence-electron chi connectivity index (χ3n) is 4.80. The van der Waals surface area contributed by atoms with Crippen molar-refractivity contribution in [2.45, 2.75) is 57.6 Å². The van der Waals surface area contributed by atoms with E-state index in [9.17, 15) is 9.59 Å². The third kappa shape index (κ3) is 2.98. The zero-order chi connectivity index (χ0) is 16.8. The summed E-state index contributed by atoms with van der Waals surface area (Å²) in [5.41, 5.74) is 1.50. The molecule has 5 nitrogen and oxygen atoms in total. The lowest BCUT2D eigenvalue weighted by Gasteiger charge is -2.35. The quantitative estimate of drug-likeness (QED) is 0.881. The second-order valence-corrected chi connectivity index (χ2v) is 7.61. The molecule has 2 aliphatic rings. The second kappa shape index (κ2) is 5.34. The smallest absolute Gasteiger partial charge is 0.251 e. The molecule has 1 aromatic carbocycles. The van der Waals surface area contributed by atoms with Gasteiger partial charge in [0.1, 0.15) is 0 Å². The summed E-state index contributed by atoms with van der Waals surface area (Å²) < 4.78 is 5.68. The maximum atomic E-state index is 12.5. The molecule has 2 aliphatic heterocycles. The zero-order valence-electron chi connectivity index (χ0n) is 14.2. The minimum Gasteiger partial charge on any atom is -0.375 e. The summed E-state index contributed by atoms with van der Waals surface area (Å²) in [5, 5.41) is 5.94. The number of carbonyl (C=O) groups is 2. The Morgan fingerprint density at radius 2 is 2.04 bits per heavy atom. The Hall–Kier alpha value is -1.88. The number of benzene rings is 1. The number of hydrogen-bond acceptors (Lipinski definition) is 3. The fourth-order valence-electron chi connectivity index (χ4n) is 3.36. The highest BCUT2D eigenvalue weighted by Crippen LogP contribution is 2.37. The van der Waals surface area contributed by atoms with Crippen LogP contribution >= 0.6 is 0 Å². The van der Waals surface area contributed by atoms with E-state index >= 15 is 0 Å². The molecule has 124 valence electrons. The van der Waals surface area contributed by atoms with Gasteiger partial charge in [-0.2, -0.15) is 0 Å². The summed E-state index contributed by atoms with van der Waals surface area (Å²) in [4.78, 5) is 24.5. The highest BCUT2D eigenvalue weighted by molar-refractivity contribution is 6.07. The van der Waals surface area contributed by atoms with Gasteiger partial charge in [-0.1, -0.05) is 6.07 Å². The molecule has 0 unspecified atom stereocenters. The summed E-state index contributed by atoms with van der Waals surface area (Å²) in [5.74, 6) is -0.134. The number of anilines is 1. The van der Waals surface area contributed by atoms with Crippen LogP contribution in [0.25, 0.3) is 0 Å². The van der Waals surface area contributed by atoms with E-state index in [2.05, 4.69) is 10.6 Å². The molecule has 1 saturated heterocycles. The first-order valence-corrected chi connectivity index (χ1v) is 8.10. The van der Waals surface area contributed by atoms with Gasteiger partial charge in [0.15, 0.2) is 0 Å². The minimum absolute atomic E-state index is 0.0313. The number of rotatable bonds is 2. The molecule has 0 saturated carbocycles. The van der Waals surface area contributed by atoms with Crippen molar-refractivity contribution in [2.75, 3.05) is 11.9 Å². The van der Waals surface area contributed by atoms with Gasteiger partial charge in [0.25, 0.3) is 5.91 Å². The van der Waals surface area contributed by atoms with E-state index in [-0.39, 0.29) is 23.5 Å². The first-order valence-electron chi connectivity index (χ1n) is 8.10. The van der Waals surface area contributed by atoms with Crippen molar-refractivity contribution in [3.8, 4) is 0 Å². The van der Waals surface area contributed by atoms with Crippen LogP contribution in [0.15, 0.2) is 18.2 Å².